The van der Waals surface area contributed by atoms with Crippen molar-refractivity contribution in [3.63, 3.8) is 0 Å². The molecule has 1 aliphatic heterocycles. The SMILES string of the molecule is CNC(=O)C(CC(C)C)NC1CCOc2ccccc21. The Bertz CT molecular complexity index is 460. The predicted octanol–water partition coefficient (Wildman–Crippen LogP) is 2.26. The normalized spacial score (nSPS) is 19.1. The molecule has 0 aliphatic carbocycles. The molecule has 20 heavy (non-hydrogen) atoms. The molecule has 1 amide bonds. The number of hydrogen-bond acceptors (Lipinski definition) is 3. The van der Waals surface area contributed by atoms with Gasteiger partial charge in [-0.05, 0) is 18.4 Å². The van der Waals surface area contributed by atoms with Gasteiger partial charge in [0.05, 0.1) is 12.6 Å². The maximum atomic E-state index is 12.0. The third-order valence-corrected chi connectivity index (χ3v) is 3.63. The molecule has 2 rings (SSSR count). The van der Waals surface area contributed by atoms with Crippen LogP contribution >= 0.6 is 0 Å². The van der Waals surface area contributed by atoms with E-state index in [0.29, 0.717) is 12.5 Å². The van der Waals surface area contributed by atoms with Crippen LogP contribution in [0.1, 0.15) is 38.3 Å². The van der Waals surface area contributed by atoms with Crippen molar-refractivity contribution in [1.29, 1.82) is 0 Å². The van der Waals surface area contributed by atoms with Gasteiger partial charge in [0.1, 0.15) is 5.75 Å². The van der Waals surface area contributed by atoms with Crippen LogP contribution in [-0.4, -0.2) is 25.6 Å². The standard InChI is InChI=1S/C16H24N2O2/c1-11(2)10-14(16(19)17-3)18-13-8-9-20-15-7-5-4-6-12(13)15/h4-7,11,13-14,18H,8-10H2,1-3H3,(H,17,19). The van der Waals surface area contributed by atoms with Gasteiger partial charge in [-0.15, -0.1) is 0 Å². The van der Waals surface area contributed by atoms with Crippen molar-refractivity contribution < 1.29 is 9.53 Å². The van der Waals surface area contributed by atoms with E-state index in [1.807, 2.05) is 18.2 Å². The monoisotopic (exact) mass is 276 g/mol. The van der Waals surface area contributed by atoms with Crippen molar-refractivity contribution in [3.8, 4) is 5.75 Å². The van der Waals surface area contributed by atoms with Crippen molar-refractivity contribution in [2.45, 2.75) is 38.8 Å². The lowest BCUT2D eigenvalue weighted by Gasteiger charge is -2.30. The molecule has 1 aliphatic rings. The number of carbonyl (C=O) groups excluding carboxylic acids is 1. The van der Waals surface area contributed by atoms with E-state index in [0.717, 1.165) is 24.2 Å². The Morgan fingerprint density at radius 3 is 2.85 bits per heavy atom. The van der Waals surface area contributed by atoms with E-state index >= 15 is 0 Å². The van der Waals surface area contributed by atoms with Crippen LogP contribution in [0.5, 0.6) is 5.75 Å². The minimum Gasteiger partial charge on any atom is -0.493 e. The maximum absolute atomic E-state index is 12.0. The lowest BCUT2D eigenvalue weighted by Crippen LogP contribution is -2.46. The Kier molecular flexibility index (Phi) is 5.01. The molecule has 1 aromatic rings. The summed E-state index contributed by atoms with van der Waals surface area (Å²) in [6, 6.07) is 8.07. The summed E-state index contributed by atoms with van der Waals surface area (Å²) in [7, 11) is 1.69. The number of para-hydroxylation sites is 1. The van der Waals surface area contributed by atoms with Crippen LogP contribution < -0.4 is 15.4 Å². The van der Waals surface area contributed by atoms with Gasteiger partial charge in [-0.25, -0.2) is 0 Å². The Labute approximate surface area is 120 Å². The molecule has 0 saturated heterocycles. The Morgan fingerprint density at radius 1 is 1.40 bits per heavy atom. The molecule has 2 atom stereocenters. The highest BCUT2D eigenvalue weighted by molar-refractivity contribution is 5.81. The van der Waals surface area contributed by atoms with Crippen LogP contribution in [0, 0.1) is 5.92 Å². The van der Waals surface area contributed by atoms with Crippen molar-refractivity contribution >= 4 is 5.91 Å². The van der Waals surface area contributed by atoms with Crippen LogP contribution in [0.25, 0.3) is 0 Å². The second-order valence-electron chi connectivity index (χ2n) is 5.69. The van der Waals surface area contributed by atoms with Gasteiger partial charge in [0.15, 0.2) is 0 Å². The number of amides is 1. The summed E-state index contributed by atoms with van der Waals surface area (Å²) in [4.78, 5) is 12.0. The minimum atomic E-state index is -0.156. The quantitative estimate of drug-likeness (QED) is 0.867. The largest absolute Gasteiger partial charge is 0.493 e. The van der Waals surface area contributed by atoms with E-state index in [1.54, 1.807) is 7.05 Å². The van der Waals surface area contributed by atoms with E-state index in [2.05, 4.69) is 30.5 Å². The number of rotatable bonds is 5. The zero-order valence-electron chi connectivity index (χ0n) is 12.5. The fraction of sp³-hybridized carbons (Fsp3) is 0.562. The van der Waals surface area contributed by atoms with Crippen molar-refractivity contribution in [3.05, 3.63) is 29.8 Å². The summed E-state index contributed by atoms with van der Waals surface area (Å²) in [6.07, 6.45) is 1.72. The number of hydrogen-bond donors (Lipinski definition) is 2. The second-order valence-corrected chi connectivity index (χ2v) is 5.69. The van der Waals surface area contributed by atoms with Gasteiger partial charge in [0.2, 0.25) is 5.91 Å². The smallest absolute Gasteiger partial charge is 0.236 e. The molecule has 0 fully saturated rings. The van der Waals surface area contributed by atoms with Gasteiger partial charge in [-0.2, -0.15) is 0 Å². The zero-order chi connectivity index (χ0) is 14.5. The maximum Gasteiger partial charge on any atom is 0.236 e. The molecule has 4 nitrogen and oxygen atoms in total. The predicted molar refractivity (Wildman–Crippen MR) is 79.7 cm³/mol. The number of carbonyl (C=O) groups is 1. The molecule has 2 unspecified atom stereocenters. The molecule has 0 spiro atoms. The fourth-order valence-electron chi connectivity index (χ4n) is 2.65. The van der Waals surface area contributed by atoms with Crippen LogP contribution in [0.15, 0.2) is 24.3 Å². The minimum absolute atomic E-state index is 0.0580. The molecular formula is C16H24N2O2. The Balaban J connectivity index is 2.13. The summed E-state index contributed by atoms with van der Waals surface area (Å²) in [5.41, 5.74) is 1.15. The van der Waals surface area contributed by atoms with Crippen molar-refractivity contribution in [2.24, 2.45) is 5.92 Å². The number of benzene rings is 1. The van der Waals surface area contributed by atoms with Crippen molar-refractivity contribution in [2.75, 3.05) is 13.7 Å². The van der Waals surface area contributed by atoms with E-state index in [9.17, 15) is 4.79 Å². The fourth-order valence-corrected chi connectivity index (χ4v) is 2.65. The molecule has 0 bridgehead atoms. The molecule has 2 N–H and O–H groups in total. The highest BCUT2D eigenvalue weighted by Gasteiger charge is 2.26. The zero-order valence-corrected chi connectivity index (χ0v) is 12.5. The number of ether oxygens (including phenoxy) is 1. The van der Waals surface area contributed by atoms with Crippen LogP contribution in [0.2, 0.25) is 0 Å². The summed E-state index contributed by atoms with van der Waals surface area (Å²) in [5, 5.41) is 6.25. The highest BCUT2D eigenvalue weighted by Crippen LogP contribution is 2.32. The first kappa shape index (κ1) is 14.9. The topological polar surface area (TPSA) is 50.4 Å². The third kappa shape index (κ3) is 3.51. The number of fused-ring (bicyclic) bond motifs is 1. The van der Waals surface area contributed by atoms with Gasteiger partial charge in [0, 0.05) is 25.1 Å². The highest BCUT2D eigenvalue weighted by atomic mass is 16.5. The van der Waals surface area contributed by atoms with E-state index in [1.165, 1.54) is 0 Å². The number of likely N-dealkylation sites (N-methyl/N-ethyl adjacent to an activating group) is 1. The van der Waals surface area contributed by atoms with E-state index in [-0.39, 0.29) is 18.0 Å². The van der Waals surface area contributed by atoms with E-state index < -0.39 is 0 Å². The summed E-state index contributed by atoms with van der Waals surface area (Å²) >= 11 is 0. The first-order valence-electron chi connectivity index (χ1n) is 7.31. The Morgan fingerprint density at radius 2 is 2.15 bits per heavy atom. The molecule has 1 heterocycles. The lowest BCUT2D eigenvalue weighted by molar-refractivity contribution is -0.123. The lowest BCUT2D eigenvalue weighted by atomic mass is 9.97. The van der Waals surface area contributed by atoms with Crippen LogP contribution in [0.3, 0.4) is 0 Å². The van der Waals surface area contributed by atoms with Crippen molar-refractivity contribution in [1.82, 2.24) is 10.6 Å². The third-order valence-electron chi connectivity index (χ3n) is 3.63. The molecule has 1 aromatic carbocycles. The molecule has 0 aromatic heterocycles. The van der Waals surface area contributed by atoms with Gasteiger partial charge in [0.25, 0.3) is 0 Å². The van der Waals surface area contributed by atoms with Crippen LogP contribution in [-0.2, 0) is 4.79 Å². The summed E-state index contributed by atoms with van der Waals surface area (Å²) < 4.78 is 5.66. The molecular weight excluding hydrogens is 252 g/mol. The molecule has 4 heteroatoms. The van der Waals surface area contributed by atoms with Crippen LogP contribution in [0.4, 0.5) is 0 Å². The molecule has 0 saturated carbocycles. The Hall–Kier alpha value is -1.55. The number of nitrogens with one attached hydrogen (secondary N) is 2. The second kappa shape index (κ2) is 6.75. The molecule has 0 radical (unpaired) electrons. The summed E-state index contributed by atoms with van der Waals surface area (Å²) in [6.45, 7) is 4.96. The van der Waals surface area contributed by atoms with Gasteiger partial charge in [-0.1, -0.05) is 32.0 Å². The first-order valence-corrected chi connectivity index (χ1v) is 7.31. The average molecular weight is 276 g/mol. The van der Waals surface area contributed by atoms with Gasteiger partial charge in [-0.3, -0.25) is 10.1 Å². The first-order chi connectivity index (χ1) is 9.61. The van der Waals surface area contributed by atoms with Gasteiger partial charge < -0.3 is 10.1 Å². The van der Waals surface area contributed by atoms with E-state index in [4.69, 9.17) is 4.74 Å². The average Bonchev–Trinajstić information content (AvgIpc) is 2.45. The van der Waals surface area contributed by atoms with Gasteiger partial charge >= 0.3 is 0 Å². The summed E-state index contributed by atoms with van der Waals surface area (Å²) in [5.74, 6) is 1.46. The molecule has 110 valence electrons.